The average molecular weight is 614 g/mol. The van der Waals surface area contributed by atoms with Crippen molar-refractivity contribution in [1.82, 2.24) is 0 Å². The van der Waals surface area contributed by atoms with E-state index in [9.17, 15) is 0 Å². The van der Waals surface area contributed by atoms with E-state index in [-0.39, 0.29) is 0 Å². The van der Waals surface area contributed by atoms with E-state index in [0.29, 0.717) is 7.25 Å². The molecule has 0 saturated heterocycles. The van der Waals surface area contributed by atoms with Crippen molar-refractivity contribution in [3.05, 3.63) is 130 Å². The molecule has 198 valence electrons. The van der Waals surface area contributed by atoms with Crippen LogP contribution in [0, 0.1) is 11.8 Å². The fourth-order valence-corrected chi connectivity index (χ4v) is 27.8. The first-order valence-corrected chi connectivity index (χ1v) is 28.9. The topological polar surface area (TPSA) is 0 Å². The fraction of sp³-hybridized carbons (Fsp3) is 0.263. The van der Waals surface area contributed by atoms with Crippen molar-refractivity contribution >= 4 is 19.0 Å². The van der Waals surface area contributed by atoms with Crippen molar-refractivity contribution in [3.8, 4) is 22.3 Å². The molecule has 2 unspecified atom stereocenters. The van der Waals surface area contributed by atoms with E-state index in [1.54, 1.807) is 22.3 Å². The molecule has 40 heavy (non-hydrogen) atoms. The zero-order chi connectivity index (χ0) is 27.1. The molecule has 0 aromatic heterocycles. The van der Waals surface area contributed by atoms with Crippen LogP contribution in [-0.2, 0) is 17.4 Å². The summed E-state index contributed by atoms with van der Waals surface area (Å²) >= 11 is -3.58. The standard InChI is InChI=1S/2C18H15.2CH3.H2Si.Zr/c2*1-2-5-14(6-3-1)17-8-4-7-15-11-16(12-18(15)17)13-9-10-13;;;;/h2*1-8,11-13H,9-10H2;2*1H3;1H2;. The summed E-state index contributed by atoms with van der Waals surface area (Å²) in [6, 6.07) is 36.6. The van der Waals surface area contributed by atoms with Crippen LogP contribution in [0.15, 0.2) is 108 Å². The van der Waals surface area contributed by atoms with Crippen molar-refractivity contribution in [2.45, 2.75) is 42.2 Å². The molecule has 0 spiro atoms. The molecule has 4 aromatic carbocycles. The van der Waals surface area contributed by atoms with E-state index in [4.69, 9.17) is 0 Å². The van der Waals surface area contributed by atoms with Crippen LogP contribution in [0.2, 0.25) is 9.26 Å². The van der Waals surface area contributed by atoms with E-state index in [2.05, 4.69) is 125 Å². The molecule has 0 heterocycles. The van der Waals surface area contributed by atoms with Crippen molar-refractivity contribution in [2.24, 2.45) is 11.8 Å². The van der Waals surface area contributed by atoms with Gasteiger partial charge in [0.25, 0.3) is 0 Å². The summed E-state index contributed by atoms with van der Waals surface area (Å²) < 4.78 is 6.89. The third kappa shape index (κ3) is 3.93. The van der Waals surface area contributed by atoms with E-state index < -0.39 is 17.4 Å². The monoisotopic (exact) mass is 612 g/mol. The summed E-state index contributed by atoms with van der Waals surface area (Å²) in [6.07, 6.45) is 10.8. The summed E-state index contributed by atoms with van der Waals surface area (Å²) in [5.41, 5.74) is 15.4. The molecule has 0 bridgehead atoms. The maximum atomic E-state index is 2.83. The van der Waals surface area contributed by atoms with Crippen LogP contribution in [0.5, 0.6) is 0 Å². The third-order valence-corrected chi connectivity index (χ3v) is 27.7. The molecular weight excluding hydrogens is 576 g/mol. The number of hydrogen-bond donors (Lipinski definition) is 0. The Morgan fingerprint density at radius 3 is 1.30 bits per heavy atom. The van der Waals surface area contributed by atoms with Gasteiger partial charge in [0, 0.05) is 0 Å². The molecule has 4 aliphatic rings. The quantitative estimate of drug-likeness (QED) is 0.190. The number of rotatable bonds is 6. The molecular formula is C38H38SiZr. The Hall–Kier alpha value is -2.54. The van der Waals surface area contributed by atoms with Crippen LogP contribution < -0.4 is 0 Å². The Morgan fingerprint density at radius 2 is 0.925 bits per heavy atom. The normalized spacial score (nSPS) is 22.0. The van der Waals surface area contributed by atoms with E-state index in [1.165, 1.54) is 59.1 Å². The molecule has 2 fully saturated rings. The Labute approximate surface area is 241 Å². The van der Waals surface area contributed by atoms with Crippen molar-refractivity contribution in [1.29, 1.82) is 0 Å². The second kappa shape index (κ2) is 8.98. The van der Waals surface area contributed by atoms with Gasteiger partial charge in [-0.3, -0.25) is 0 Å². The molecule has 8 rings (SSSR count). The first kappa shape index (κ1) is 25.2. The maximum absolute atomic E-state index is 3.58. The van der Waals surface area contributed by atoms with Crippen molar-refractivity contribution in [3.63, 3.8) is 0 Å². The zero-order valence-electron chi connectivity index (χ0n) is 23.7. The van der Waals surface area contributed by atoms with Gasteiger partial charge >= 0.3 is 243 Å². The second-order valence-corrected chi connectivity index (χ2v) is 44.5. The van der Waals surface area contributed by atoms with Crippen molar-refractivity contribution in [2.75, 3.05) is 0 Å². The van der Waals surface area contributed by atoms with Gasteiger partial charge < -0.3 is 0 Å². The number of hydrogen-bond acceptors (Lipinski definition) is 0. The van der Waals surface area contributed by atoms with E-state index >= 15 is 0 Å². The molecule has 2 heteroatoms. The van der Waals surface area contributed by atoms with Crippen LogP contribution in [0.1, 0.15) is 55.2 Å². The third-order valence-electron chi connectivity index (χ3n) is 10.4. The minimum atomic E-state index is -3.58. The van der Waals surface area contributed by atoms with Crippen LogP contribution in [-0.4, -0.2) is 6.88 Å². The van der Waals surface area contributed by atoms with Crippen LogP contribution in [0.4, 0.5) is 0 Å². The summed E-state index contributed by atoms with van der Waals surface area (Å²) in [5.74, 6) is 1.56. The molecule has 4 aromatic rings. The molecule has 0 radical (unpaired) electrons. The summed E-state index contributed by atoms with van der Waals surface area (Å²) in [7, 11) is 0. The molecule has 2 atom stereocenters. The predicted molar refractivity (Wildman–Crippen MR) is 171 cm³/mol. The van der Waals surface area contributed by atoms with Gasteiger partial charge in [0.15, 0.2) is 0 Å². The van der Waals surface area contributed by atoms with Gasteiger partial charge in [0.2, 0.25) is 0 Å². The van der Waals surface area contributed by atoms with Gasteiger partial charge in [-0.25, -0.2) is 0 Å². The first-order chi connectivity index (χ1) is 19.4. The number of allylic oxidation sites excluding steroid dienone is 2. The van der Waals surface area contributed by atoms with Gasteiger partial charge in [-0.05, 0) is 0 Å². The first-order valence-electron chi connectivity index (χ1n) is 15.3. The van der Waals surface area contributed by atoms with Crippen LogP contribution in [0.25, 0.3) is 34.4 Å². The Bertz CT molecular complexity index is 1650. The summed E-state index contributed by atoms with van der Waals surface area (Å²) in [6.45, 7) is 2.52. The van der Waals surface area contributed by atoms with Gasteiger partial charge in [0.1, 0.15) is 0 Å². The number of benzene rings is 4. The SMILES string of the molecule is [CH3][Zr]([CH3])(=[SiH2])([CH]1C(C2CC2)=Cc2c(-c3ccccc3)cccc21)[CH]1C(C2CC2)=Cc2c(-c3ccccc3)cccc21. The Kier molecular flexibility index (Phi) is 5.65. The minimum absolute atomic E-state index is 0.615. The molecule has 2 saturated carbocycles. The molecule has 0 nitrogen and oxygen atoms in total. The number of fused-ring (bicyclic) bond motifs is 2. The van der Waals surface area contributed by atoms with Crippen LogP contribution in [0.3, 0.4) is 0 Å². The van der Waals surface area contributed by atoms with Gasteiger partial charge in [-0.2, -0.15) is 0 Å². The molecule has 0 amide bonds. The van der Waals surface area contributed by atoms with Gasteiger partial charge in [0.05, 0.1) is 0 Å². The molecule has 0 N–H and O–H groups in total. The average Bonchev–Trinajstić information content (AvgIpc) is 3.91. The zero-order valence-corrected chi connectivity index (χ0v) is 27.6. The van der Waals surface area contributed by atoms with Crippen molar-refractivity contribution < 1.29 is 17.4 Å². The molecule has 0 aliphatic heterocycles. The predicted octanol–water partition coefficient (Wildman–Crippen LogP) is 9.75. The van der Waals surface area contributed by atoms with E-state index in [0.717, 1.165) is 11.8 Å². The Morgan fingerprint density at radius 1 is 0.525 bits per heavy atom. The van der Waals surface area contributed by atoms with Gasteiger partial charge in [-0.15, -0.1) is 0 Å². The second-order valence-electron chi connectivity index (χ2n) is 14.0. The Balaban J connectivity index is 1.33. The fourth-order valence-electron chi connectivity index (χ4n) is 8.41. The van der Waals surface area contributed by atoms with Crippen LogP contribution >= 0.6 is 0 Å². The summed E-state index contributed by atoms with van der Waals surface area (Å²) in [5, 5.41) is 0. The van der Waals surface area contributed by atoms with Gasteiger partial charge in [-0.1, -0.05) is 0 Å². The summed E-state index contributed by atoms with van der Waals surface area (Å²) in [4.78, 5) is 0. The molecule has 4 aliphatic carbocycles. The van der Waals surface area contributed by atoms with E-state index in [1.807, 2.05) is 0 Å².